The van der Waals surface area contributed by atoms with E-state index in [0.29, 0.717) is 12.1 Å². The molecule has 0 unspecified atom stereocenters. The normalized spacial score (nSPS) is 10.6. The summed E-state index contributed by atoms with van der Waals surface area (Å²) in [5.41, 5.74) is 6.59. The second-order valence-electron chi connectivity index (χ2n) is 6.71. The predicted molar refractivity (Wildman–Crippen MR) is 119 cm³/mol. The van der Waals surface area contributed by atoms with Gasteiger partial charge < -0.3 is 5.32 Å². The van der Waals surface area contributed by atoms with Gasteiger partial charge >= 0.3 is 0 Å². The Balaban J connectivity index is 1.49. The SMILES string of the molecule is Cc1ccc(C(=O)NCCCc2ccc(-c3ccc(C)c(I)c3)cc2)cn1. The molecule has 0 spiro atoms. The molecule has 27 heavy (non-hydrogen) atoms. The van der Waals surface area contributed by atoms with Crippen molar-refractivity contribution in [3.8, 4) is 11.1 Å². The number of aryl methyl sites for hydroxylation is 3. The topological polar surface area (TPSA) is 42.0 Å². The molecule has 0 aliphatic rings. The lowest BCUT2D eigenvalue weighted by Gasteiger charge is -2.08. The Morgan fingerprint density at radius 2 is 1.74 bits per heavy atom. The van der Waals surface area contributed by atoms with E-state index in [1.807, 2.05) is 19.1 Å². The highest BCUT2D eigenvalue weighted by Crippen LogP contribution is 2.24. The van der Waals surface area contributed by atoms with Crippen LogP contribution < -0.4 is 5.32 Å². The highest BCUT2D eigenvalue weighted by Gasteiger charge is 2.05. The third-order valence-corrected chi connectivity index (χ3v) is 5.72. The van der Waals surface area contributed by atoms with Crippen LogP contribution in [-0.2, 0) is 6.42 Å². The van der Waals surface area contributed by atoms with Gasteiger partial charge in [0.2, 0.25) is 0 Å². The smallest absolute Gasteiger partial charge is 0.252 e. The summed E-state index contributed by atoms with van der Waals surface area (Å²) in [6, 6.07) is 18.9. The number of benzene rings is 2. The van der Waals surface area contributed by atoms with Crippen LogP contribution in [0.5, 0.6) is 0 Å². The first kappa shape index (κ1) is 19.5. The van der Waals surface area contributed by atoms with E-state index < -0.39 is 0 Å². The number of aromatic nitrogens is 1. The number of hydrogen-bond donors (Lipinski definition) is 1. The van der Waals surface area contributed by atoms with Gasteiger partial charge in [0.25, 0.3) is 5.91 Å². The number of hydrogen-bond acceptors (Lipinski definition) is 2. The van der Waals surface area contributed by atoms with Crippen LogP contribution in [0.15, 0.2) is 60.8 Å². The maximum atomic E-state index is 12.1. The van der Waals surface area contributed by atoms with Crippen molar-refractivity contribution in [3.63, 3.8) is 0 Å². The first-order valence-corrected chi connectivity index (χ1v) is 10.2. The van der Waals surface area contributed by atoms with Crippen molar-refractivity contribution in [3.05, 3.63) is 86.7 Å². The zero-order valence-electron chi connectivity index (χ0n) is 15.6. The van der Waals surface area contributed by atoms with E-state index >= 15 is 0 Å². The van der Waals surface area contributed by atoms with E-state index in [0.717, 1.165) is 18.5 Å². The first-order valence-electron chi connectivity index (χ1n) is 9.09. The molecule has 2 aromatic carbocycles. The Bertz CT molecular complexity index is 918. The second kappa shape index (κ2) is 9.13. The van der Waals surface area contributed by atoms with Gasteiger partial charge in [-0.25, -0.2) is 0 Å². The maximum absolute atomic E-state index is 12.1. The van der Waals surface area contributed by atoms with E-state index in [2.05, 4.69) is 82.3 Å². The lowest BCUT2D eigenvalue weighted by molar-refractivity contribution is 0.0953. The van der Waals surface area contributed by atoms with Crippen molar-refractivity contribution >= 4 is 28.5 Å². The number of carbonyl (C=O) groups is 1. The van der Waals surface area contributed by atoms with Crippen molar-refractivity contribution in [1.82, 2.24) is 10.3 Å². The van der Waals surface area contributed by atoms with E-state index in [1.54, 1.807) is 6.20 Å². The van der Waals surface area contributed by atoms with Crippen LogP contribution in [0.4, 0.5) is 0 Å². The van der Waals surface area contributed by atoms with Crippen molar-refractivity contribution in [2.24, 2.45) is 0 Å². The van der Waals surface area contributed by atoms with Crippen LogP contribution in [0.3, 0.4) is 0 Å². The highest BCUT2D eigenvalue weighted by molar-refractivity contribution is 14.1. The molecule has 0 saturated carbocycles. The molecule has 3 aromatic rings. The number of pyridine rings is 1. The molecule has 0 bridgehead atoms. The number of nitrogens with one attached hydrogen (secondary N) is 1. The molecule has 138 valence electrons. The van der Waals surface area contributed by atoms with Gasteiger partial charge in [0, 0.05) is 22.0 Å². The molecule has 4 heteroatoms. The Labute approximate surface area is 174 Å². The molecule has 3 rings (SSSR count). The molecule has 1 aromatic heterocycles. The van der Waals surface area contributed by atoms with Crippen molar-refractivity contribution < 1.29 is 4.79 Å². The molecule has 3 nitrogen and oxygen atoms in total. The molecule has 1 N–H and O–H groups in total. The fourth-order valence-corrected chi connectivity index (χ4v) is 3.35. The average molecular weight is 470 g/mol. The second-order valence-corrected chi connectivity index (χ2v) is 7.87. The fourth-order valence-electron chi connectivity index (χ4n) is 2.83. The minimum atomic E-state index is -0.0631. The fraction of sp³-hybridized carbons (Fsp3) is 0.217. The minimum Gasteiger partial charge on any atom is -0.352 e. The maximum Gasteiger partial charge on any atom is 0.252 e. The zero-order valence-corrected chi connectivity index (χ0v) is 17.8. The summed E-state index contributed by atoms with van der Waals surface area (Å²) in [5.74, 6) is -0.0631. The number of halogens is 1. The third kappa shape index (κ3) is 5.39. The molecule has 1 heterocycles. The average Bonchev–Trinajstić information content (AvgIpc) is 2.68. The predicted octanol–water partition coefficient (Wildman–Crippen LogP) is 5.33. The van der Waals surface area contributed by atoms with Crippen molar-refractivity contribution in [2.45, 2.75) is 26.7 Å². The molecule has 0 fully saturated rings. The molecule has 0 saturated heterocycles. The van der Waals surface area contributed by atoms with E-state index in [1.165, 1.54) is 25.8 Å². The van der Waals surface area contributed by atoms with E-state index in [9.17, 15) is 4.79 Å². The highest BCUT2D eigenvalue weighted by atomic mass is 127. The number of carbonyl (C=O) groups excluding carboxylic acids is 1. The molecule has 0 atom stereocenters. The van der Waals surface area contributed by atoms with Crippen LogP contribution in [0.1, 0.15) is 33.6 Å². The Morgan fingerprint density at radius 3 is 2.41 bits per heavy atom. The van der Waals surface area contributed by atoms with Crippen molar-refractivity contribution in [2.75, 3.05) is 6.54 Å². The Hall–Kier alpha value is -2.21. The van der Waals surface area contributed by atoms with Crippen molar-refractivity contribution in [1.29, 1.82) is 0 Å². The lowest BCUT2D eigenvalue weighted by Crippen LogP contribution is -2.24. The summed E-state index contributed by atoms with van der Waals surface area (Å²) in [4.78, 5) is 16.2. The Morgan fingerprint density at radius 1 is 1.00 bits per heavy atom. The molecule has 1 amide bonds. The van der Waals surface area contributed by atoms with Gasteiger partial charge in [-0.1, -0.05) is 36.4 Å². The van der Waals surface area contributed by atoms with E-state index in [-0.39, 0.29) is 5.91 Å². The van der Waals surface area contributed by atoms with Crippen LogP contribution >= 0.6 is 22.6 Å². The van der Waals surface area contributed by atoms with Crippen LogP contribution in [0.2, 0.25) is 0 Å². The lowest BCUT2D eigenvalue weighted by atomic mass is 10.0. The summed E-state index contributed by atoms with van der Waals surface area (Å²) in [6.07, 6.45) is 3.47. The summed E-state index contributed by atoms with van der Waals surface area (Å²) < 4.78 is 1.29. The molecular weight excluding hydrogens is 447 g/mol. The third-order valence-electron chi connectivity index (χ3n) is 4.56. The molecule has 0 aliphatic heterocycles. The molecule has 0 aliphatic carbocycles. The minimum absolute atomic E-state index is 0.0631. The number of amides is 1. The summed E-state index contributed by atoms with van der Waals surface area (Å²) in [5, 5.41) is 2.96. The number of nitrogens with zero attached hydrogens (tertiary/aromatic N) is 1. The van der Waals surface area contributed by atoms with Gasteiger partial charge in [0.1, 0.15) is 0 Å². The van der Waals surface area contributed by atoms with Gasteiger partial charge in [0.05, 0.1) is 5.56 Å². The molecular formula is C23H23IN2O. The van der Waals surface area contributed by atoms with Gasteiger partial charge in [-0.3, -0.25) is 9.78 Å². The zero-order chi connectivity index (χ0) is 19.2. The van der Waals surface area contributed by atoms with Gasteiger partial charge in [-0.2, -0.15) is 0 Å². The monoisotopic (exact) mass is 470 g/mol. The van der Waals surface area contributed by atoms with Crippen LogP contribution in [-0.4, -0.2) is 17.4 Å². The number of rotatable bonds is 6. The summed E-state index contributed by atoms with van der Waals surface area (Å²) >= 11 is 2.38. The van der Waals surface area contributed by atoms with Gasteiger partial charge in [-0.15, -0.1) is 0 Å². The summed E-state index contributed by atoms with van der Waals surface area (Å²) in [6.45, 7) is 4.69. The summed E-state index contributed by atoms with van der Waals surface area (Å²) in [7, 11) is 0. The quantitative estimate of drug-likeness (QED) is 0.391. The van der Waals surface area contributed by atoms with Crippen LogP contribution in [0, 0.1) is 17.4 Å². The van der Waals surface area contributed by atoms with Gasteiger partial charge in [0.15, 0.2) is 0 Å². The Kier molecular flexibility index (Phi) is 6.61. The molecule has 0 radical (unpaired) electrons. The largest absolute Gasteiger partial charge is 0.352 e. The van der Waals surface area contributed by atoms with E-state index in [4.69, 9.17) is 0 Å². The standard InChI is InChI=1S/C23H23IN2O/c1-16-5-9-20(14-22(16)24)19-11-7-18(8-12-19)4-3-13-25-23(27)21-10-6-17(2)26-15-21/h5-12,14-15H,3-4,13H2,1-2H3,(H,25,27). The van der Waals surface area contributed by atoms with Gasteiger partial charge in [-0.05, 0) is 89.7 Å². The first-order chi connectivity index (χ1) is 13.0. The van der Waals surface area contributed by atoms with Crippen LogP contribution in [0.25, 0.3) is 11.1 Å².